The van der Waals surface area contributed by atoms with Crippen molar-refractivity contribution < 1.29 is 0 Å². The van der Waals surface area contributed by atoms with Crippen molar-refractivity contribution in [3.8, 4) is 0 Å². The molecule has 0 atom stereocenters. The van der Waals surface area contributed by atoms with E-state index in [0.717, 1.165) is 19.0 Å². The summed E-state index contributed by atoms with van der Waals surface area (Å²) in [6.45, 7) is 4.66. The van der Waals surface area contributed by atoms with E-state index in [1.807, 2.05) is 17.6 Å². The molecule has 0 unspecified atom stereocenters. The second kappa shape index (κ2) is 5.71. The molecule has 6 heteroatoms. The maximum atomic E-state index is 12.4. The first-order chi connectivity index (χ1) is 10.2. The van der Waals surface area contributed by atoms with E-state index < -0.39 is 0 Å². The molecular weight excluding hydrogens is 266 g/mol. The van der Waals surface area contributed by atoms with Gasteiger partial charge in [-0.2, -0.15) is 5.10 Å². The van der Waals surface area contributed by atoms with Gasteiger partial charge in [0.05, 0.1) is 6.20 Å². The molecule has 2 aromatic rings. The van der Waals surface area contributed by atoms with Crippen molar-refractivity contribution in [1.82, 2.24) is 19.3 Å². The van der Waals surface area contributed by atoms with Crippen LogP contribution in [0.3, 0.4) is 0 Å². The molecule has 0 saturated carbocycles. The molecule has 1 fully saturated rings. The molecule has 6 nitrogen and oxygen atoms in total. The quantitative estimate of drug-likeness (QED) is 0.806. The predicted octanol–water partition coefficient (Wildman–Crippen LogP) is 1.70. The Morgan fingerprint density at radius 1 is 1.29 bits per heavy atom. The summed E-state index contributed by atoms with van der Waals surface area (Å²) in [6, 6.07) is 0. The summed E-state index contributed by atoms with van der Waals surface area (Å²) >= 11 is 0. The van der Waals surface area contributed by atoms with Gasteiger partial charge < -0.3 is 9.47 Å². The lowest BCUT2D eigenvalue weighted by molar-refractivity contribution is 0.560. The van der Waals surface area contributed by atoms with Crippen LogP contribution in [0.4, 0.5) is 5.95 Å². The molecule has 112 valence electrons. The Hall–Kier alpha value is -2.11. The Morgan fingerprint density at radius 3 is 2.76 bits per heavy atom. The average molecular weight is 287 g/mol. The van der Waals surface area contributed by atoms with Crippen LogP contribution >= 0.6 is 0 Å². The monoisotopic (exact) mass is 287 g/mol. The third kappa shape index (κ3) is 2.46. The van der Waals surface area contributed by atoms with E-state index in [4.69, 9.17) is 0 Å². The molecule has 21 heavy (non-hydrogen) atoms. The van der Waals surface area contributed by atoms with Gasteiger partial charge in [0.25, 0.3) is 5.56 Å². The Bertz CT molecular complexity index is 721. The fraction of sp³-hybridized carbons (Fsp3) is 0.533. The Morgan fingerprint density at radius 2 is 2.05 bits per heavy atom. The third-order valence-corrected chi connectivity index (χ3v) is 3.99. The lowest BCUT2D eigenvalue weighted by Crippen LogP contribution is -2.32. The molecule has 0 aromatic carbocycles. The summed E-state index contributed by atoms with van der Waals surface area (Å²) in [5, 5.41) is 4.08. The smallest absolute Gasteiger partial charge is 0.292 e. The van der Waals surface area contributed by atoms with E-state index in [9.17, 15) is 4.79 Å². The Kier molecular flexibility index (Phi) is 3.77. The third-order valence-electron chi connectivity index (χ3n) is 3.99. The molecule has 1 aliphatic rings. The number of hydrogen-bond acceptors (Lipinski definition) is 4. The van der Waals surface area contributed by atoms with E-state index in [0.29, 0.717) is 17.6 Å². The van der Waals surface area contributed by atoms with Crippen molar-refractivity contribution in [2.24, 2.45) is 7.05 Å². The molecule has 0 spiro atoms. The maximum Gasteiger partial charge on any atom is 0.292 e. The SMILES string of the molecule is C/C=C/Cn1c(N2CCCCC2)nc2cnn(C)c(=O)c21. The average Bonchev–Trinajstić information content (AvgIpc) is 2.89. The van der Waals surface area contributed by atoms with Crippen molar-refractivity contribution >= 4 is 17.0 Å². The highest BCUT2D eigenvalue weighted by Gasteiger charge is 2.20. The minimum atomic E-state index is -0.0900. The summed E-state index contributed by atoms with van der Waals surface area (Å²) < 4.78 is 3.39. The minimum absolute atomic E-state index is 0.0900. The van der Waals surface area contributed by atoms with Gasteiger partial charge in [-0.3, -0.25) is 4.79 Å². The highest BCUT2D eigenvalue weighted by molar-refractivity contribution is 5.77. The summed E-state index contributed by atoms with van der Waals surface area (Å²) in [4.78, 5) is 19.4. The number of aromatic nitrogens is 4. The van der Waals surface area contributed by atoms with Crippen LogP contribution in [0.25, 0.3) is 11.0 Å². The molecule has 2 aromatic heterocycles. The number of imidazole rings is 1. The number of anilines is 1. The van der Waals surface area contributed by atoms with Gasteiger partial charge in [-0.05, 0) is 26.2 Å². The van der Waals surface area contributed by atoms with Crippen molar-refractivity contribution in [1.29, 1.82) is 0 Å². The normalized spacial score (nSPS) is 16.2. The number of fused-ring (bicyclic) bond motifs is 1. The predicted molar refractivity (Wildman–Crippen MR) is 83.6 cm³/mol. The number of allylic oxidation sites excluding steroid dienone is 2. The fourth-order valence-corrected chi connectivity index (χ4v) is 2.84. The second-order valence-electron chi connectivity index (χ2n) is 5.45. The van der Waals surface area contributed by atoms with Gasteiger partial charge in [-0.1, -0.05) is 12.2 Å². The molecule has 1 saturated heterocycles. The number of aryl methyl sites for hydroxylation is 1. The number of rotatable bonds is 3. The van der Waals surface area contributed by atoms with E-state index in [1.165, 1.54) is 23.9 Å². The van der Waals surface area contributed by atoms with Gasteiger partial charge in [0, 0.05) is 26.7 Å². The standard InChI is InChI=1S/C15H21N5O/c1-3-4-10-20-13-12(11-16-18(2)14(13)21)17-15(20)19-8-6-5-7-9-19/h3-4,11H,5-10H2,1-2H3/b4-3+. The van der Waals surface area contributed by atoms with Crippen molar-refractivity contribution in [3.63, 3.8) is 0 Å². The van der Waals surface area contributed by atoms with Crippen molar-refractivity contribution in [2.45, 2.75) is 32.7 Å². The van der Waals surface area contributed by atoms with Crippen LogP contribution in [0.5, 0.6) is 0 Å². The van der Waals surface area contributed by atoms with Gasteiger partial charge in [0.15, 0.2) is 0 Å². The highest BCUT2D eigenvalue weighted by atomic mass is 16.1. The molecule has 3 heterocycles. The van der Waals surface area contributed by atoms with Gasteiger partial charge in [-0.25, -0.2) is 9.67 Å². The van der Waals surface area contributed by atoms with Crippen molar-refractivity contribution in [2.75, 3.05) is 18.0 Å². The molecule has 0 bridgehead atoms. The van der Waals surface area contributed by atoms with Crippen LogP contribution in [0.2, 0.25) is 0 Å². The molecule has 3 rings (SSSR count). The molecular formula is C15H21N5O. The highest BCUT2D eigenvalue weighted by Crippen LogP contribution is 2.23. The first-order valence-corrected chi connectivity index (χ1v) is 7.51. The van der Waals surface area contributed by atoms with Gasteiger partial charge in [-0.15, -0.1) is 0 Å². The zero-order valence-corrected chi connectivity index (χ0v) is 12.6. The van der Waals surface area contributed by atoms with E-state index in [1.54, 1.807) is 13.2 Å². The fourth-order valence-electron chi connectivity index (χ4n) is 2.84. The summed E-state index contributed by atoms with van der Waals surface area (Å²) in [6.07, 6.45) is 9.36. The molecule has 1 aliphatic heterocycles. The molecule has 0 N–H and O–H groups in total. The second-order valence-corrected chi connectivity index (χ2v) is 5.45. The van der Waals surface area contributed by atoms with E-state index in [2.05, 4.69) is 21.1 Å². The number of hydrogen-bond donors (Lipinski definition) is 0. The number of nitrogens with zero attached hydrogens (tertiary/aromatic N) is 5. The lowest BCUT2D eigenvalue weighted by atomic mass is 10.1. The summed E-state index contributed by atoms with van der Waals surface area (Å²) in [7, 11) is 1.68. The summed E-state index contributed by atoms with van der Waals surface area (Å²) in [5.74, 6) is 0.896. The first-order valence-electron chi connectivity index (χ1n) is 7.51. The van der Waals surface area contributed by atoms with Gasteiger partial charge >= 0.3 is 0 Å². The van der Waals surface area contributed by atoms with Crippen LogP contribution in [-0.4, -0.2) is 32.4 Å². The Balaban J connectivity index is 2.18. The van der Waals surface area contributed by atoms with Crippen molar-refractivity contribution in [3.05, 3.63) is 28.7 Å². The Labute approximate surface area is 123 Å². The van der Waals surface area contributed by atoms with Gasteiger partial charge in [0.1, 0.15) is 11.0 Å². The van der Waals surface area contributed by atoms with Gasteiger partial charge in [0.2, 0.25) is 5.95 Å². The van der Waals surface area contributed by atoms with Crippen LogP contribution < -0.4 is 10.5 Å². The first kappa shape index (κ1) is 13.9. The minimum Gasteiger partial charge on any atom is -0.342 e. The molecule has 0 aliphatic carbocycles. The zero-order valence-electron chi connectivity index (χ0n) is 12.6. The van der Waals surface area contributed by atoms with E-state index >= 15 is 0 Å². The van der Waals surface area contributed by atoms with Crippen LogP contribution in [0.15, 0.2) is 23.1 Å². The maximum absolute atomic E-state index is 12.4. The largest absolute Gasteiger partial charge is 0.342 e. The summed E-state index contributed by atoms with van der Waals surface area (Å²) in [5.41, 5.74) is 1.24. The zero-order chi connectivity index (χ0) is 14.8. The molecule has 0 amide bonds. The molecule has 0 radical (unpaired) electrons. The topological polar surface area (TPSA) is 56.0 Å². The van der Waals surface area contributed by atoms with E-state index in [-0.39, 0.29) is 5.56 Å². The number of piperidine rings is 1. The lowest BCUT2D eigenvalue weighted by Gasteiger charge is -2.28. The van der Waals surface area contributed by atoms with Crippen LogP contribution in [-0.2, 0) is 13.6 Å². The van der Waals surface area contributed by atoms with Crippen LogP contribution in [0, 0.1) is 0 Å². The van der Waals surface area contributed by atoms with Crippen LogP contribution in [0.1, 0.15) is 26.2 Å².